The van der Waals surface area contributed by atoms with E-state index >= 15 is 0 Å². The molecule has 3 N–H and O–H groups in total. The Morgan fingerprint density at radius 1 is 1.25 bits per heavy atom. The van der Waals surface area contributed by atoms with Crippen LogP contribution in [0, 0.1) is 5.92 Å². The van der Waals surface area contributed by atoms with E-state index in [-0.39, 0.29) is 11.3 Å². The maximum absolute atomic E-state index is 12.1. The number of benzene rings is 1. The lowest BCUT2D eigenvalue weighted by molar-refractivity contribution is 0.0947. The Morgan fingerprint density at radius 3 is 2.40 bits per heavy atom. The second-order valence-electron chi connectivity index (χ2n) is 6.98. The van der Waals surface area contributed by atoms with Crippen molar-refractivity contribution in [3.8, 4) is 0 Å². The van der Waals surface area contributed by atoms with Gasteiger partial charge >= 0.3 is 0 Å². The first-order chi connectivity index (χ1) is 9.36. The standard InChI is InChI=1S/C17H26N2O/c1-17(2,3)14-7-5-13(6-8-14)16(20)19-11-12-4-9-15(18)10-12/h5-8,12,15H,4,9-11,18H2,1-3H3,(H,19,20). The van der Waals surface area contributed by atoms with Crippen molar-refractivity contribution in [2.75, 3.05) is 6.54 Å². The lowest BCUT2D eigenvalue weighted by Crippen LogP contribution is -2.29. The number of nitrogens with two attached hydrogens (primary N) is 1. The maximum atomic E-state index is 12.1. The number of hydrogen-bond acceptors (Lipinski definition) is 2. The average Bonchev–Trinajstić information content (AvgIpc) is 2.81. The van der Waals surface area contributed by atoms with Crippen LogP contribution in [0.4, 0.5) is 0 Å². The van der Waals surface area contributed by atoms with Crippen LogP contribution in [0.1, 0.15) is 56.0 Å². The molecule has 1 amide bonds. The minimum atomic E-state index is 0.0194. The summed E-state index contributed by atoms with van der Waals surface area (Å²) in [6, 6.07) is 8.23. The van der Waals surface area contributed by atoms with Crippen molar-refractivity contribution in [1.82, 2.24) is 5.32 Å². The van der Waals surface area contributed by atoms with Crippen molar-refractivity contribution in [2.45, 2.75) is 51.5 Å². The highest BCUT2D eigenvalue weighted by Crippen LogP contribution is 2.24. The van der Waals surface area contributed by atoms with Crippen LogP contribution < -0.4 is 11.1 Å². The first-order valence-corrected chi connectivity index (χ1v) is 7.50. The van der Waals surface area contributed by atoms with Crippen molar-refractivity contribution >= 4 is 5.91 Å². The van der Waals surface area contributed by atoms with Gasteiger partial charge in [-0.1, -0.05) is 32.9 Å². The summed E-state index contributed by atoms with van der Waals surface area (Å²) in [5, 5.41) is 3.03. The van der Waals surface area contributed by atoms with E-state index in [1.165, 1.54) is 5.56 Å². The molecule has 0 saturated heterocycles. The van der Waals surface area contributed by atoms with Gasteiger partial charge in [-0.2, -0.15) is 0 Å². The third-order valence-electron chi connectivity index (χ3n) is 4.15. The molecule has 0 radical (unpaired) electrons. The van der Waals surface area contributed by atoms with E-state index in [1.807, 2.05) is 24.3 Å². The van der Waals surface area contributed by atoms with Gasteiger partial charge < -0.3 is 11.1 Å². The molecule has 1 saturated carbocycles. The van der Waals surface area contributed by atoms with E-state index in [2.05, 4.69) is 26.1 Å². The molecule has 3 nitrogen and oxygen atoms in total. The van der Waals surface area contributed by atoms with Crippen molar-refractivity contribution in [3.63, 3.8) is 0 Å². The summed E-state index contributed by atoms with van der Waals surface area (Å²) >= 11 is 0. The van der Waals surface area contributed by atoms with Gasteiger partial charge in [0.1, 0.15) is 0 Å². The van der Waals surface area contributed by atoms with Crippen LogP contribution in [-0.2, 0) is 5.41 Å². The van der Waals surface area contributed by atoms with Gasteiger partial charge in [0.25, 0.3) is 5.91 Å². The average molecular weight is 274 g/mol. The number of carbonyl (C=O) groups excluding carboxylic acids is 1. The largest absolute Gasteiger partial charge is 0.352 e. The van der Waals surface area contributed by atoms with Crippen LogP contribution >= 0.6 is 0 Å². The van der Waals surface area contributed by atoms with Crippen molar-refractivity contribution in [2.24, 2.45) is 11.7 Å². The highest BCUT2D eigenvalue weighted by Gasteiger charge is 2.22. The summed E-state index contributed by atoms with van der Waals surface area (Å²) < 4.78 is 0. The third kappa shape index (κ3) is 3.83. The highest BCUT2D eigenvalue weighted by molar-refractivity contribution is 5.94. The van der Waals surface area contributed by atoms with Gasteiger partial charge in [0, 0.05) is 18.2 Å². The summed E-state index contributed by atoms with van der Waals surface area (Å²) in [5.74, 6) is 0.564. The Kier molecular flexibility index (Phi) is 4.48. The fourth-order valence-corrected chi connectivity index (χ4v) is 2.76. The third-order valence-corrected chi connectivity index (χ3v) is 4.15. The van der Waals surface area contributed by atoms with Crippen LogP contribution in [0.25, 0.3) is 0 Å². The summed E-state index contributed by atoms with van der Waals surface area (Å²) in [4.78, 5) is 12.1. The molecule has 1 aliphatic rings. The topological polar surface area (TPSA) is 55.1 Å². The summed E-state index contributed by atoms with van der Waals surface area (Å²) in [6.45, 7) is 7.26. The van der Waals surface area contributed by atoms with Crippen LogP contribution in [-0.4, -0.2) is 18.5 Å². The number of carbonyl (C=O) groups is 1. The molecule has 1 aromatic carbocycles. The van der Waals surface area contributed by atoms with Crippen molar-refractivity contribution in [1.29, 1.82) is 0 Å². The van der Waals surface area contributed by atoms with Crippen molar-refractivity contribution in [3.05, 3.63) is 35.4 Å². The number of nitrogens with one attached hydrogen (secondary N) is 1. The van der Waals surface area contributed by atoms with Gasteiger partial charge in [-0.15, -0.1) is 0 Å². The van der Waals surface area contributed by atoms with E-state index in [9.17, 15) is 4.79 Å². The molecule has 110 valence electrons. The Morgan fingerprint density at radius 2 is 1.90 bits per heavy atom. The summed E-state index contributed by atoms with van der Waals surface area (Å²) in [6.07, 6.45) is 3.24. The first-order valence-electron chi connectivity index (χ1n) is 7.50. The molecule has 0 aromatic heterocycles. The highest BCUT2D eigenvalue weighted by atomic mass is 16.1. The van der Waals surface area contributed by atoms with E-state index in [0.717, 1.165) is 31.4 Å². The molecule has 0 spiro atoms. The molecule has 1 aliphatic carbocycles. The van der Waals surface area contributed by atoms with Crippen LogP contribution in [0.2, 0.25) is 0 Å². The normalized spacial score (nSPS) is 22.8. The summed E-state index contributed by atoms with van der Waals surface area (Å²) in [7, 11) is 0. The zero-order valence-corrected chi connectivity index (χ0v) is 12.8. The molecule has 3 heteroatoms. The van der Waals surface area contributed by atoms with Crippen LogP contribution in [0.15, 0.2) is 24.3 Å². The van der Waals surface area contributed by atoms with Crippen LogP contribution in [0.5, 0.6) is 0 Å². The zero-order valence-electron chi connectivity index (χ0n) is 12.8. The lowest BCUT2D eigenvalue weighted by Gasteiger charge is -2.19. The molecule has 0 aliphatic heterocycles. The van der Waals surface area contributed by atoms with E-state index in [0.29, 0.717) is 12.0 Å². The van der Waals surface area contributed by atoms with Gasteiger partial charge in [-0.05, 0) is 48.3 Å². The van der Waals surface area contributed by atoms with E-state index in [1.54, 1.807) is 0 Å². The molecule has 1 fully saturated rings. The fraction of sp³-hybridized carbons (Fsp3) is 0.588. The van der Waals surface area contributed by atoms with Crippen molar-refractivity contribution < 1.29 is 4.79 Å². The van der Waals surface area contributed by atoms with Gasteiger partial charge in [0.2, 0.25) is 0 Å². The molecule has 20 heavy (non-hydrogen) atoms. The Balaban J connectivity index is 1.89. The SMILES string of the molecule is CC(C)(C)c1ccc(C(=O)NCC2CCC(N)C2)cc1. The minimum Gasteiger partial charge on any atom is -0.352 e. The van der Waals surface area contributed by atoms with E-state index in [4.69, 9.17) is 5.73 Å². The monoisotopic (exact) mass is 274 g/mol. The molecule has 0 bridgehead atoms. The van der Waals surface area contributed by atoms with Gasteiger partial charge in [-0.3, -0.25) is 4.79 Å². The Labute approximate surface area is 121 Å². The summed E-state index contributed by atoms with van der Waals surface area (Å²) in [5.41, 5.74) is 7.99. The fourth-order valence-electron chi connectivity index (χ4n) is 2.76. The first kappa shape index (κ1) is 15.0. The predicted octanol–water partition coefficient (Wildman–Crippen LogP) is 2.84. The van der Waals surface area contributed by atoms with Crippen LogP contribution in [0.3, 0.4) is 0 Å². The quantitative estimate of drug-likeness (QED) is 0.890. The molecule has 1 aromatic rings. The molecule has 2 unspecified atom stereocenters. The second-order valence-corrected chi connectivity index (χ2v) is 6.98. The zero-order chi connectivity index (χ0) is 14.8. The maximum Gasteiger partial charge on any atom is 0.251 e. The molecular weight excluding hydrogens is 248 g/mol. The molecule has 2 atom stereocenters. The predicted molar refractivity (Wildman–Crippen MR) is 82.8 cm³/mol. The lowest BCUT2D eigenvalue weighted by atomic mass is 9.87. The molecular formula is C17H26N2O. The van der Waals surface area contributed by atoms with Gasteiger partial charge in [0.05, 0.1) is 0 Å². The van der Waals surface area contributed by atoms with E-state index < -0.39 is 0 Å². The van der Waals surface area contributed by atoms with Gasteiger partial charge in [-0.25, -0.2) is 0 Å². The number of rotatable bonds is 3. The molecule has 2 rings (SSSR count). The number of hydrogen-bond donors (Lipinski definition) is 2. The van der Waals surface area contributed by atoms with Gasteiger partial charge in [0.15, 0.2) is 0 Å². The minimum absolute atomic E-state index is 0.0194. The number of amides is 1. The second kappa shape index (κ2) is 5.96. The smallest absolute Gasteiger partial charge is 0.251 e. The molecule has 0 heterocycles. The Hall–Kier alpha value is -1.35. The Bertz CT molecular complexity index is 459.